The largest absolute Gasteiger partial charge is 0.493 e. The van der Waals surface area contributed by atoms with E-state index >= 15 is 0 Å². The fraction of sp³-hybridized carbons (Fsp3) is 0.308. The summed E-state index contributed by atoms with van der Waals surface area (Å²) in [5, 5.41) is 0. The van der Waals surface area contributed by atoms with Crippen molar-refractivity contribution in [1.29, 1.82) is 0 Å². The van der Waals surface area contributed by atoms with Gasteiger partial charge in [-0.25, -0.2) is 0 Å². The summed E-state index contributed by atoms with van der Waals surface area (Å²) in [4.78, 5) is 8.22. The Kier molecular flexibility index (Phi) is 18.5. The van der Waals surface area contributed by atoms with Crippen molar-refractivity contribution in [3.05, 3.63) is 154 Å². The SMILES string of the molecule is CCCCCCCCOc1cc(/C=C/c2ccc(/C=C/c3ccncc3)cc2)c(OCCCCCCCC)cc1/C=C/c1ccc(/C=C/c2ccncc2)cc1. The molecule has 3 aromatic carbocycles. The van der Waals surface area contributed by atoms with Crippen molar-refractivity contribution < 1.29 is 9.47 Å². The molecule has 5 aromatic rings. The van der Waals surface area contributed by atoms with Crippen molar-refractivity contribution >= 4 is 48.6 Å². The number of nitrogens with zero attached hydrogens (tertiary/aromatic N) is 2. The summed E-state index contributed by atoms with van der Waals surface area (Å²) in [6, 6.07) is 29.6. The average Bonchev–Trinajstić information content (AvgIpc) is 3.25. The van der Waals surface area contributed by atoms with E-state index in [0.29, 0.717) is 13.2 Å². The summed E-state index contributed by atoms with van der Waals surface area (Å²) in [5.41, 5.74) is 8.88. The van der Waals surface area contributed by atoms with Gasteiger partial charge in [-0.3, -0.25) is 9.97 Å². The number of unbranched alkanes of at least 4 members (excludes halogenated alkanes) is 10. The maximum absolute atomic E-state index is 6.57. The van der Waals surface area contributed by atoms with Gasteiger partial charge < -0.3 is 9.47 Å². The first kappa shape index (κ1) is 41.7. The first-order chi connectivity index (χ1) is 27.7. The maximum Gasteiger partial charge on any atom is 0.127 e. The van der Waals surface area contributed by atoms with Crippen LogP contribution in [0.15, 0.2) is 110 Å². The lowest BCUT2D eigenvalue weighted by atomic mass is 10.0. The molecule has 0 amide bonds. The molecule has 56 heavy (non-hydrogen) atoms. The third kappa shape index (κ3) is 15.3. The second-order valence-electron chi connectivity index (χ2n) is 14.4. The standard InChI is InChI=1S/C52H60N2O2/c1-3-5-7-9-11-13-39-55-51-41-50(30-28-46-21-17-44(18-22-46)24-26-48-33-37-54-38-34-48)52(56-40-14-12-10-8-6-4-2)42-49(51)29-27-45-19-15-43(16-20-45)23-25-47-31-35-53-36-32-47/h15-38,41-42H,3-14,39-40H2,1-2H3/b25-23+,26-24+,29-27+,30-28+. The Hall–Kier alpha value is -5.48. The molecule has 0 spiro atoms. The number of hydrogen-bond donors (Lipinski definition) is 0. The minimum atomic E-state index is 0.696. The molecule has 0 fully saturated rings. The highest BCUT2D eigenvalue weighted by molar-refractivity contribution is 5.80. The molecule has 0 atom stereocenters. The molecule has 4 heteroatoms. The molecule has 0 saturated heterocycles. The van der Waals surface area contributed by atoms with Crippen LogP contribution in [0.2, 0.25) is 0 Å². The molecule has 0 saturated carbocycles. The van der Waals surface area contributed by atoms with Crippen LogP contribution in [0.25, 0.3) is 48.6 Å². The number of benzene rings is 3. The summed E-state index contributed by atoms with van der Waals surface area (Å²) in [6.07, 6.45) is 39.1. The number of hydrogen-bond acceptors (Lipinski definition) is 4. The van der Waals surface area contributed by atoms with Gasteiger partial charge in [0.15, 0.2) is 0 Å². The van der Waals surface area contributed by atoms with Crippen LogP contribution in [-0.4, -0.2) is 23.2 Å². The molecule has 0 aliphatic carbocycles. The molecule has 0 bridgehead atoms. The Balaban J connectivity index is 1.36. The van der Waals surface area contributed by atoms with Crippen LogP contribution in [-0.2, 0) is 0 Å². The van der Waals surface area contributed by atoms with Crippen LogP contribution in [0.5, 0.6) is 11.5 Å². The van der Waals surface area contributed by atoms with E-state index in [9.17, 15) is 0 Å². The fourth-order valence-electron chi connectivity index (χ4n) is 6.37. The summed E-state index contributed by atoms with van der Waals surface area (Å²) in [5.74, 6) is 1.77. The van der Waals surface area contributed by atoms with Crippen molar-refractivity contribution in [2.45, 2.75) is 90.9 Å². The fourth-order valence-corrected chi connectivity index (χ4v) is 6.37. The molecule has 5 rings (SSSR count). The zero-order valence-electron chi connectivity index (χ0n) is 33.6. The Bertz CT molecular complexity index is 1800. The highest BCUT2D eigenvalue weighted by Gasteiger charge is 2.11. The van der Waals surface area contributed by atoms with Crippen LogP contribution >= 0.6 is 0 Å². The van der Waals surface area contributed by atoms with E-state index in [1.807, 2.05) is 49.1 Å². The van der Waals surface area contributed by atoms with Crippen molar-refractivity contribution in [2.24, 2.45) is 0 Å². The van der Waals surface area contributed by atoms with Gasteiger partial charge in [0, 0.05) is 35.9 Å². The van der Waals surface area contributed by atoms with Crippen LogP contribution < -0.4 is 9.47 Å². The molecule has 0 radical (unpaired) electrons. The molecule has 0 unspecified atom stereocenters. The zero-order valence-corrected chi connectivity index (χ0v) is 33.6. The van der Waals surface area contributed by atoms with E-state index in [1.54, 1.807) is 0 Å². The van der Waals surface area contributed by atoms with E-state index in [2.05, 4.69) is 133 Å². The normalized spacial score (nSPS) is 11.8. The summed E-state index contributed by atoms with van der Waals surface area (Å²) in [6.45, 7) is 5.92. The number of rotatable bonds is 24. The topological polar surface area (TPSA) is 44.2 Å². The minimum Gasteiger partial charge on any atom is -0.493 e. The average molecular weight is 745 g/mol. The first-order valence-electron chi connectivity index (χ1n) is 20.9. The predicted molar refractivity (Wildman–Crippen MR) is 241 cm³/mol. The lowest BCUT2D eigenvalue weighted by Gasteiger charge is -2.15. The van der Waals surface area contributed by atoms with E-state index in [1.165, 1.54) is 64.2 Å². The molecule has 0 N–H and O–H groups in total. The van der Waals surface area contributed by atoms with Gasteiger partial charge in [0.25, 0.3) is 0 Å². The van der Waals surface area contributed by atoms with Crippen molar-refractivity contribution in [3.63, 3.8) is 0 Å². The monoisotopic (exact) mass is 744 g/mol. The summed E-state index contributed by atoms with van der Waals surface area (Å²) >= 11 is 0. The van der Waals surface area contributed by atoms with Gasteiger partial charge in [-0.2, -0.15) is 0 Å². The van der Waals surface area contributed by atoms with Gasteiger partial charge in [-0.05, 0) is 82.6 Å². The summed E-state index contributed by atoms with van der Waals surface area (Å²) < 4.78 is 13.1. The van der Waals surface area contributed by atoms with Gasteiger partial charge in [0.1, 0.15) is 11.5 Å². The first-order valence-corrected chi connectivity index (χ1v) is 20.9. The molecule has 0 aliphatic heterocycles. The lowest BCUT2D eigenvalue weighted by Crippen LogP contribution is -2.03. The van der Waals surface area contributed by atoms with Gasteiger partial charge in [0.05, 0.1) is 13.2 Å². The van der Waals surface area contributed by atoms with Crippen molar-refractivity contribution in [2.75, 3.05) is 13.2 Å². The Labute approximate surface area is 336 Å². The molecule has 4 nitrogen and oxygen atoms in total. The maximum atomic E-state index is 6.57. The second-order valence-corrected chi connectivity index (χ2v) is 14.4. The van der Waals surface area contributed by atoms with Crippen LogP contribution in [0, 0.1) is 0 Å². The molecular formula is C52H60N2O2. The second kappa shape index (κ2) is 24.8. The zero-order chi connectivity index (χ0) is 38.9. The molecule has 2 heterocycles. The van der Waals surface area contributed by atoms with Crippen molar-refractivity contribution in [1.82, 2.24) is 9.97 Å². The summed E-state index contributed by atoms with van der Waals surface area (Å²) in [7, 11) is 0. The van der Waals surface area contributed by atoms with Crippen molar-refractivity contribution in [3.8, 4) is 11.5 Å². The van der Waals surface area contributed by atoms with Crippen LogP contribution in [0.4, 0.5) is 0 Å². The highest BCUT2D eigenvalue weighted by atomic mass is 16.5. The quantitative estimate of drug-likeness (QED) is 0.0466. The smallest absolute Gasteiger partial charge is 0.127 e. The third-order valence-corrected chi connectivity index (χ3v) is 9.79. The third-order valence-electron chi connectivity index (χ3n) is 9.79. The Morgan fingerprint density at radius 3 is 0.982 bits per heavy atom. The van der Waals surface area contributed by atoms with E-state index in [0.717, 1.165) is 68.8 Å². The van der Waals surface area contributed by atoms with E-state index < -0.39 is 0 Å². The number of pyridine rings is 2. The number of aromatic nitrogens is 2. The highest BCUT2D eigenvalue weighted by Crippen LogP contribution is 2.33. The van der Waals surface area contributed by atoms with Gasteiger partial charge in [-0.1, -0.05) is 175 Å². The van der Waals surface area contributed by atoms with Crippen LogP contribution in [0.3, 0.4) is 0 Å². The van der Waals surface area contributed by atoms with E-state index in [4.69, 9.17) is 9.47 Å². The van der Waals surface area contributed by atoms with Crippen LogP contribution in [0.1, 0.15) is 135 Å². The Morgan fingerprint density at radius 2 is 0.643 bits per heavy atom. The molecule has 290 valence electrons. The van der Waals surface area contributed by atoms with Gasteiger partial charge in [0.2, 0.25) is 0 Å². The molecular weight excluding hydrogens is 685 g/mol. The van der Waals surface area contributed by atoms with Gasteiger partial charge in [-0.15, -0.1) is 0 Å². The van der Waals surface area contributed by atoms with Gasteiger partial charge >= 0.3 is 0 Å². The lowest BCUT2D eigenvalue weighted by molar-refractivity contribution is 0.295. The molecule has 2 aromatic heterocycles. The Morgan fingerprint density at radius 1 is 0.357 bits per heavy atom. The number of ether oxygens (including phenoxy) is 2. The predicted octanol–water partition coefficient (Wildman–Crippen LogP) is 14.6. The minimum absolute atomic E-state index is 0.696. The van der Waals surface area contributed by atoms with E-state index in [-0.39, 0.29) is 0 Å². The molecule has 0 aliphatic rings.